The van der Waals surface area contributed by atoms with Crippen LogP contribution in [0.3, 0.4) is 0 Å². The van der Waals surface area contributed by atoms with Crippen molar-refractivity contribution < 1.29 is 14.6 Å². The number of aliphatic hydroxyl groups excluding tert-OH is 1. The van der Waals surface area contributed by atoms with Crippen molar-refractivity contribution in [3.63, 3.8) is 0 Å². The normalized spacial score (nSPS) is 12.2. The van der Waals surface area contributed by atoms with Crippen molar-refractivity contribution in [1.82, 2.24) is 0 Å². The van der Waals surface area contributed by atoms with Gasteiger partial charge in [0.1, 0.15) is 6.10 Å². The van der Waals surface area contributed by atoms with Gasteiger partial charge in [0.15, 0.2) is 0 Å². The third-order valence-corrected chi connectivity index (χ3v) is 1.42. The first-order valence-electron chi connectivity index (χ1n) is 4.40. The predicted octanol–water partition coefficient (Wildman–Crippen LogP) is 1.10. The van der Waals surface area contributed by atoms with Gasteiger partial charge in [0.25, 0.3) is 0 Å². The van der Waals surface area contributed by atoms with Gasteiger partial charge in [0.05, 0.1) is 6.10 Å². The zero-order chi connectivity index (χ0) is 10.3. The van der Waals surface area contributed by atoms with Crippen LogP contribution in [0, 0.1) is 12.3 Å². The zero-order valence-corrected chi connectivity index (χ0v) is 8.12. The highest BCUT2D eigenvalue weighted by Gasteiger charge is 2.06. The summed E-state index contributed by atoms with van der Waals surface area (Å²) in [6.45, 7) is 3.60. The van der Waals surface area contributed by atoms with E-state index >= 15 is 0 Å². The molecule has 0 saturated heterocycles. The predicted molar refractivity (Wildman–Crippen MR) is 49.9 cm³/mol. The van der Waals surface area contributed by atoms with Crippen molar-refractivity contribution in [3.8, 4) is 12.3 Å². The van der Waals surface area contributed by atoms with Crippen LogP contribution < -0.4 is 0 Å². The molecule has 74 valence electrons. The smallest absolute Gasteiger partial charge is 0.306 e. The van der Waals surface area contributed by atoms with Crippen molar-refractivity contribution in [1.29, 1.82) is 0 Å². The lowest BCUT2D eigenvalue weighted by Gasteiger charge is -2.07. The Hall–Kier alpha value is -1.01. The van der Waals surface area contributed by atoms with Gasteiger partial charge in [-0.05, 0) is 26.7 Å². The van der Waals surface area contributed by atoms with E-state index in [1.165, 1.54) is 0 Å². The van der Waals surface area contributed by atoms with Gasteiger partial charge in [-0.3, -0.25) is 4.79 Å². The van der Waals surface area contributed by atoms with Crippen molar-refractivity contribution in [2.24, 2.45) is 0 Å². The molecule has 0 spiro atoms. The van der Waals surface area contributed by atoms with Crippen molar-refractivity contribution in [3.05, 3.63) is 0 Å². The number of carbonyl (C=O) groups excluding carboxylic acids is 1. The minimum Gasteiger partial charge on any atom is -0.463 e. The van der Waals surface area contributed by atoms with Crippen LogP contribution in [0.15, 0.2) is 0 Å². The highest BCUT2D eigenvalue weighted by molar-refractivity contribution is 5.69. The standard InChI is InChI=1S/C10H16O3/c1-4-9(11)6-5-7-10(12)13-8(2)3/h1,8-9,11H,5-7H2,2-3H3/t9-/m1/s1. The summed E-state index contributed by atoms with van der Waals surface area (Å²) >= 11 is 0. The van der Waals surface area contributed by atoms with Crippen LogP contribution in [0.1, 0.15) is 33.1 Å². The molecular weight excluding hydrogens is 168 g/mol. The molecule has 1 N–H and O–H groups in total. The molecular formula is C10H16O3. The molecule has 0 unspecified atom stereocenters. The van der Waals surface area contributed by atoms with E-state index in [9.17, 15) is 4.79 Å². The molecule has 0 radical (unpaired) electrons. The second-order valence-electron chi connectivity index (χ2n) is 3.11. The maximum atomic E-state index is 11.0. The van der Waals surface area contributed by atoms with Gasteiger partial charge in [-0.15, -0.1) is 6.42 Å². The quantitative estimate of drug-likeness (QED) is 0.514. The lowest BCUT2D eigenvalue weighted by Crippen LogP contribution is -2.12. The average Bonchev–Trinajstić information content (AvgIpc) is 2.02. The maximum Gasteiger partial charge on any atom is 0.306 e. The second-order valence-corrected chi connectivity index (χ2v) is 3.11. The van der Waals surface area contributed by atoms with Crippen LogP contribution in [0.5, 0.6) is 0 Å². The largest absolute Gasteiger partial charge is 0.463 e. The third-order valence-electron chi connectivity index (χ3n) is 1.42. The Morgan fingerprint density at radius 2 is 2.23 bits per heavy atom. The van der Waals surface area contributed by atoms with E-state index in [0.29, 0.717) is 19.3 Å². The minimum atomic E-state index is -0.744. The van der Waals surface area contributed by atoms with Gasteiger partial charge < -0.3 is 9.84 Å². The van der Waals surface area contributed by atoms with E-state index in [1.807, 2.05) is 0 Å². The van der Waals surface area contributed by atoms with Crippen LogP contribution in [0.25, 0.3) is 0 Å². The van der Waals surface area contributed by atoms with E-state index in [-0.39, 0.29) is 12.1 Å². The Balaban J connectivity index is 3.44. The van der Waals surface area contributed by atoms with Crippen LogP contribution in [0.4, 0.5) is 0 Å². The molecule has 3 heteroatoms. The molecule has 1 atom stereocenters. The first kappa shape index (κ1) is 12.0. The van der Waals surface area contributed by atoms with Crippen LogP contribution in [0.2, 0.25) is 0 Å². The summed E-state index contributed by atoms with van der Waals surface area (Å²) in [7, 11) is 0. The van der Waals surface area contributed by atoms with Crippen molar-refractivity contribution in [2.45, 2.75) is 45.3 Å². The molecule has 0 aliphatic rings. The fraction of sp³-hybridized carbons (Fsp3) is 0.700. The van der Waals surface area contributed by atoms with Crippen LogP contribution in [-0.4, -0.2) is 23.3 Å². The Labute approximate surface area is 79.1 Å². The fourth-order valence-corrected chi connectivity index (χ4v) is 0.845. The molecule has 0 aromatic rings. The monoisotopic (exact) mass is 184 g/mol. The first-order valence-corrected chi connectivity index (χ1v) is 4.40. The number of esters is 1. The summed E-state index contributed by atoms with van der Waals surface area (Å²) in [4.78, 5) is 11.0. The molecule has 13 heavy (non-hydrogen) atoms. The second kappa shape index (κ2) is 6.50. The highest BCUT2D eigenvalue weighted by atomic mass is 16.5. The third kappa shape index (κ3) is 7.35. The molecule has 0 heterocycles. The minimum absolute atomic E-state index is 0.0787. The lowest BCUT2D eigenvalue weighted by atomic mass is 10.1. The summed E-state index contributed by atoms with van der Waals surface area (Å²) in [5, 5.41) is 8.96. The van der Waals surface area contributed by atoms with Gasteiger partial charge in [0.2, 0.25) is 0 Å². The number of rotatable bonds is 5. The first-order chi connectivity index (χ1) is 6.06. The molecule has 0 aliphatic carbocycles. The van der Waals surface area contributed by atoms with E-state index < -0.39 is 6.10 Å². The van der Waals surface area contributed by atoms with Gasteiger partial charge in [0, 0.05) is 6.42 Å². The number of hydrogen-bond acceptors (Lipinski definition) is 3. The summed E-state index contributed by atoms with van der Waals surface area (Å²) in [6, 6.07) is 0. The topological polar surface area (TPSA) is 46.5 Å². The van der Waals surface area contributed by atoms with Crippen molar-refractivity contribution in [2.75, 3.05) is 0 Å². The maximum absolute atomic E-state index is 11.0. The molecule has 0 rings (SSSR count). The number of aliphatic hydroxyl groups is 1. The van der Waals surface area contributed by atoms with Crippen molar-refractivity contribution >= 4 is 5.97 Å². The Morgan fingerprint density at radius 1 is 1.62 bits per heavy atom. The molecule has 0 aliphatic heterocycles. The lowest BCUT2D eigenvalue weighted by molar-refractivity contribution is -0.147. The molecule has 0 bridgehead atoms. The highest BCUT2D eigenvalue weighted by Crippen LogP contribution is 2.02. The average molecular weight is 184 g/mol. The van der Waals surface area contributed by atoms with Crippen LogP contribution >= 0.6 is 0 Å². The molecule has 0 fully saturated rings. The number of ether oxygens (including phenoxy) is 1. The number of carbonyl (C=O) groups is 1. The molecule has 0 amide bonds. The van der Waals surface area contributed by atoms with Gasteiger partial charge in [-0.25, -0.2) is 0 Å². The van der Waals surface area contributed by atoms with Gasteiger partial charge in [-0.2, -0.15) is 0 Å². The molecule has 0 saturated carbocycles. The summed E-state index contributed by atoms with van der Waals surface area (Å²) in [5.74, 6) is 1.95. The summed E-state index contributed by atoms with van der Waals surface area (Å²) in [6.07, 6.45) is 5.46. The Kier molecular flexibility index (Phi) is 5.99. The number of hydrogen-bond donors (Lipinski definition) is 1. The fourth-order valence-electron chi connectivity index (χ4n) is 0.845. The molecule has 0 aromatic heterocycles. The Morgan fingerprint density at radius 3 is 2.69 bits per heavy atom. The van der Waals surface area contributed by atoms with Crippen LogP contribution in [-0.2, 0) is 9.53 Å². The van der Waals surface area contributed by atoms with E-state index in [4.69, 9.17) is 16.3 Å². The van der Waals surface area contributed by atoms with E-state index in [2.05, 4.69) is 5.92 Å². The van der Waals surface area contributed by atoms with E-state index in [1.54, 1.807) is 13.8 Å². The number of terminal acetylenes is 1. The zero-order valence-electron chi connectivity index (χ0n) is 8.12. The van der Waals surface area contributed by atoms with Gasteiger partial charge >= 0.3 is 5.97 Å². The van der Waals surface area contributed by atoms with E-state index in [0.717, 1.165) is 0 Å². The Bertz CT molecular complexity index is 191. The van der Waals surface area contributed by atoms with Gasteiger partial charge in [-0.1, -0.05) is 5.92 Å². The SMILES string of the molecule is C#C[C@@H](O)CCCC(=O)OC(C)C. The summed E-state index contributed by atoms with van der Waals surface area (Å²) < 4.78 is 4.89. The summed E-state index contributed by atoms with van der Waals surface area (Å²) in [5.41, 5.74) is 0. The molecule has 0 aromatic carbocycles. The molecule has 3 nitrogen and oxygen atoms in total.